The van der Waals surface area contributed by atoms with Crippen LogP contribution in [0, 0.1) is 0 Å². The molecule has 0 saturated carbocycles. The first-order valence-electron chi connectivity index (χ1n) is 7.03. The molecule has 0 aliphatic rings. The molecule has 1 aromatic carbocycles. The second kappa shape index (κ2) is 7.04. The summed E-state index contributed by atoms with van der Waals surface area (Å²) in [5, 5.41) is 13.5. The quantitative estimate of drug-likeness (QED) is 0.819. The zero-order chi connectivity index (χ0) is 15.2. The maximum absolute atomic E-state index is 11.5. The molecule has 21 heavy (non-hydrogen) atoms. The van der Waals surface area contributed by atoms with Crippen LogP contribution >= 0.6 is 0 Å². The number of hydrogen-bond acceptors (Lipinski definition) is 4. The van der Waals surface area contributed by atoms with E-state index in [9.17, 15) is 9.90 Å². The third kappa shape index (κ3) is 3.49. The number of fused-ring (bicyclic) bond motifs is 1. The Balaban J connectivity index is 2.47. The molecule has 112 valence electrons. The molecule has 1 unspecified atom stereocenters. The predicted octanol–water partition coefficient (Wildman–Crippen LogP) is 3.16. The van der Waals surface area contributed by atoms with E-state index in [0.717, 1.165) is 23.7 Å². The molecule has 0 bridgehead atoms. The van der Waals surface area contributed by atoms with Gasteiger partial charge in [0.15, 0.2) is 0 Å². The average molecular weight is 288 g/mol. The highest BCUT2D eigenvalue weighted by Crippen LogP contribution is 2.27. The molecule has 1 atom stereocenters. The number of aromatic nitrogens is 1. The van der Waals surface area contributed by atoms with Crippen molar-refractivity contribution in [1.82, 2.24) is 4.98 Å². The van der Waals surface area contributed by atoms with E-state index < -0.39 is 5.97 Å². The molecular formula is C16H20N2O3. The fraction of sp³-hybridized carbons (Fsp3) is 0.375. The summed E-state index contributed by atoms with van der Waals surface area (Å²) in [7, 11) is 1.65. The first-order valence-corrected chi connectivity index (χ1v) is 7.03. The molecule has 0 aliphatic heterocycles. The van der Waals surface area contributed by atoms with Gasteiger partial charge in [0.05, 0.1) is 17.8 Å². The molecular weight excluding hydrogens is 268 g/mol. The Morgan fingerprint density at radius 3 is 2.86 bits per heavy atom. The van der Waals surface area contributed by atoms with Crippen molar-refractivity contribution in [3.63, 3.8) is 0 Å². The van der Waals surface area contributed by atoms with Crippen molar-refractivity contribution in [1.29, 1.82) is 0 Å². The Kier molecular flexibility index (Phi) is 5.11. The van der Waals surface area contributed by atoms with E-state index in [2.05, 4.69) is 17.2 Å². The van der Waals surface area contributed by atoms with Crippen LogP contribution in [0.3, 0.4) is 0 Å². The first-order chi connectivity index (χ1) is 10.2. The second-order valence-electron chi connectivity index (χ2n) is 4.95. The third-order valence-corrected chi connectivity index (χ3v) is 3.36. The van der Waals surface area contributed by atoms with Gasteiger partial charge in [0.2, 0.25) is 0 Å². The molecule has 5 nitrogen and oxygen atoms in total. The zero-order valence-corrected chi connectivity index (χ0v) is 12.3. The standard InChI is InChI=1S/C16H20N2O3/c1-3-6-11(10-21-2)18-15-12-7-4-5-8-14(12)17-9-13(15)16(19)20/h4-5,7-9,11H,3,6,10H2,1-2H3,(H,17,18)(H,19,20). The van der Waals surface area contributed by atoms with E-state index in [0.29, 0.717) is 12.3 Å². The number of anilines is 1. The highest BCUT2D eigenvalue weighted by atomic mass is 16.5. The highest BCUT2D eigenvalue weighted by molar-refractivity contribution is 6.04. The lowest BCUT2D eigenvalue weighted by molar-refractivity contribution is 0.0697. The predicted molar refractivity (Wildman–Crippen MR) is 82.9 cm³/mol. The summed E-state index contributed by atoms with van der Waals surface area (Å²) in [6, 6.07) is 7.60. The van der Waals surface area contributed by atoms with Crippen molar-refractivity contribution in [2.75, 3.05) is 19.0 Å². The van der Waals surface area contributed by atoms with Crippen LogP contribution in [-0.4, -0.2) is 35.8 Å². The molecule has 0 aliphatic carbocycles. The van der Waals surface area contributed by atoms with Crippen LogP contribution in [0.15, 0.2) is 30.5 Å². The Labute approximate surface area is 124 Å². The molecule has 0 amide bonds. The largest absolute Gasteiger partial charge is 0.478 e. The van der Waals surface area contributed by atoms with Crippen LogP contribution < -0.4 is 5.32 Å². The number of pyridine rings is 1. The second-order valence-corrected chi connectivity index (χ2v) is 4.95. The van der Waals surface area contributed by atoms with Gasteiger partial charge >= 0.3 is 5.97 Å². The maximum atomic E-state index is 11.5. The number of aromatic carboxylic acids is 1. The summed E-state index contributed by atoms with van der Waals surface area (Å²) in [5.74, 6) is -0.983. The minimum atomic E-state index is -0.983. The fourth-order valence-electron chi connectivity index (χ4n) is 2.41. The molecule has 0 fully saturated rings. The van der Waals surface area contributed by atoms with Crippen molar-refractivity contribution < 1.29 is 14.6 Å². The van der Waals surface area contributed by atoms with Crippen molar-refractivity contribution in [3.05, 3.63) is 36.0 Å². The van der Waals surface area contributed by atoms with Gasteiger partial charge in [-0.25, -0.2) is 4.79 Å². The van der Waals surface area contributed by atoms with Crippen LogP contribution in [0.25, 0.3) is 10.9 Å². The number of nitrogens with zero attached hydrogens (tertiary/aromatic N) is 1. The van der Waals surface area contributed by atoms with Crippen molar-refractivity contribution in [3.8, 4) is 0 Å². The number of rotatable bonds is 7. The topological polar surface area (TPSA) is 71.5 Å². The van der Waals surface area contributed by atoms with E-state index >= 15 is 0 Å². The number of nitrogens with one attached hydrogen (secondary N) is 1. The minimum absolute atomic E-state index is 0.0731. The molecule has 0 saturated heterocycles. The Bertz CT molecular complexity index is 622. The van der Waals surface area contributed by atoms with Gasteiger partial charge in [-0.2, -0.15) is 0 Å². The van der Waals surface area contributed by atoms with Crippen LogP contribution in [0.2, 0.25) is 0 Å². The minimum Gasteiger partial charge on any atom is -0.478 e. The molecule has 1 heterocycles. The lowest BCUT2D eigenvalue weighted by Gasteiger charge is -2.21. The van der Waals surface area contributed by atoms with Crippen LogP contribution in [0.1, 0.15) is 30.1 Å². The summed E-state index contributed by atoms with van der Waals surface area (Å²) in [6.45, 7) is 2.62. The normalized spacial score (nSPS) is 12.3. The Morgan fingerprint density at radius 1 is 1.43 bits per heavy atom. The van der Waals surface area contributed by atoms with Gasteiger partial charge in [-0.3, -0.25) is 4.98 Å². The number of hydrogen-bond donors (Lipinski definition) is 2. The molecule has 5 heteroatoms. The van der Waals surface area contributed by atoms with Crippen LogP contribution in [0.5, 0.6) is 0 Å². The molecule has 2 aromatic rings. The summed E-state index contributed by atoms with van der Waals surface area (Å²) in [6.07, 6.45) is 3.30. The monoisotopic (exact) mass is 288 g/mol. The smallest absolute Gasteiger partial charge is 0.339 e. The van der Waals surface area contributed by atoms with Crippen molar-refractivity contribution in [2.45, 2.75) is 25.8 Å². The van der Waals surface area contributed by atoms with Gasteiger partial charge in [0.25, 0.3) is 0 Å². The van der Waals surface area contributed by atoms with E-state index in [1.165, 1.54) is 6.20 Å². The van der Waals surface area contributed by atoms with Crippen LogP contribution in [0.4, 0.5) is 5.69 Å². The summed E-state index contributed by atoms with van der Waals surface area (Å²) < 4.78 is 5.22. The molecule has 2 N–H and O–H groups in total. The number of benzene rings is 1. The van der Waals surface area contributed by atoms with Gasteiger partial charge in [-0.1, -0.05) is 31.5 Å². The Hall–Kier alpha value is -2.14. The van der Waals surface area contributed by atoms with Gasteiger partial charge in [0.1, 0.15) is 5.56 Å². The summed E-state index contributed by atoms with van der Waals surface area (Å²) in [5.41, 5.74) is 1.58. The SMILES string of the molecule is CCCC(COC)Nc1c(C(=O)O)cnc2ccccc12. The summed E-state index contributed by atoms with van der Waals surface area (Å²) >= 11 is 0. The van der Waals surface area contributed by atoms with Gasteiger partial charge in [-0.05, 0) is 12.5 Å². The highest BCUT2D eigenvalue weighted by Gasteiger charge is 2.17. The number of carboxylic acids is 1. The van der Waals surface area contributed by atoms with E-state index in [-0.39, 0.29) is 11.6 Å². The fourth-order valence-corrected chi connectivity index (χ4v) is 2.41. The third-order valence-electron chi connectivity index (χ3n) is 3.36. The van der Waals surface area contributed by atoms with E-state index in [4.69, 9.17) is 4.74 Å². The average Bonchev–Trinajstić information content (AvgIpc) is 2.47. The lowest BCUT2D eigenvalue weighted by Crippen LogP contribution is -2.26. The Morgan fingerprint density at radius 2 is 2.19 bits per heavy atom. The van der Waals surface area contributed by atoms with Crippen LogP contribution in [-0.2, 0) is 4.74 Å². The maximum Gasteiger partial charge on any atom is 0.339 e. The van der Waals surface area contributed by atoms with Gasteiger partial charge in [0, 0.05) is 24.7 Å². The van der Waals surface area contributed by atoms with Gasteiger partial charge < -0.3 is 15.2 Å². The summed E-state index contributed by atoms with van der Waals surface area (Å²) in [4.78, 5) is 15.7. The number of methoxy groups -OCH3 is 1. The molecule has 1 aromatic heterocycles. The van der Waals surface area contributed by atoms with Gasteiger partial charge in [-0.15, -0.1) is 0 Å². The zero-order valence-electron chi connectivity index (χ0n) is 12.3. The molecule has 2 rings (SSSR count). The van der Waals surface area contributed by atoms with Crippen molar-refractivity contribution in [2.24, 2.45) is 0 Å². The number of carboxylic acid groups (broad SMARTS) is 1. The number of carbonyl (C=O) groups is 1. The number of para-hydroxylation sites is 1. The molecule has 0 spiro atoms. The molecule has 0 radical (unpaired) electrons. The lowest BCUT2D eigenvalue weighted by atomic mass is 10.1. The van der Waals surface area contributed by atoms with Crippen molar-refractivity contribution >= 4 is 22.6 Å². The first kappa shape index (κ1) is 15.3. The van der Waals surface area contributed by atoms with E-state index in [1.807, 2.05) is 24.3 Å². The van der Waals surface area contributed by atoms with E-state index in [1.54, 1.807) is 7.11 Å². The number of ether oxygens (including phenoxy) is 1.